The van der Waals surface area contributed by atoms with Crippen LogP contribution < -0.4 is 15.5 Å². The molecule has 0 aromatic heterocycles. The van der Waals surface area contributed by atoms with Gasteiger partial charge in [0.1, 0.15) is 0 Å². The van der Waals surface area contributed by atoms with E-state index < -0.39 is 0 Å². The van der Waals surface area contributed by atoms with Crippen LogP contribution in [0.15, 0.2) is 59.6 Å². The van der Waals surface area contributed by atoms with Crippen molar-refractivity contribution < 1.29 is 0 Å². The summed E-state index contributed by atoms with van der Waals surface area (Å²) in [4.78, 5) is 7.09. The van der Waals surface area contributed by atoms with E-state index in [1.54, 1.807) is 0 Å². The lowest BCUT2D eigenvalue weighted by Gasteiger charge is -2.20. The van der Waals surface area contributed by atoms with Crippen molar-refractivity contribution in [2.24, 2.45) is 4.99 Å². The van der Waals surface area contributed by atoms with Crippen LogP contribution in [0.4, 0.5) is 5.69 Å². The van der Waals surface area contributed by atoms with Crippen LogP contribution in [0.1, 0.15) is 24.5 Å². The SMILES string of the molecule is CCNC(=NCc1cccc(C#N)c1)NC1CCN(c2ccccc2)C1. The maximum Gasteiger partial charge on any atom is 0.191 e. The molecule has 2 aromatic rings. The number of anilines is 1. The summed E-state index contributed by atoms with van der Waals surface area (Å²) in [5.74, 6) is 0.828. The fraction of sp³-hybridized carbons (Fsp3) is 0.333. The van der Waals surface area contributed by atoms with Gasteiger partial charge in [-0.05, 0) is 43.2 Å². The lowest BCUT2D eigenvalue weighted by Crippen LogP contribution is -2.44. The summed E-state index contributed by atoms with van der Waals surface area (Å²) >= 11 is 0. The molecule has 0 saturated carbocycles. The Morgan fingerprint density at radius 3 is 2.85 bits per heavy atom. The third-order valence-electron chi connectivity index (χ3n) is 4.47. The first-order chi connectivity index (χ1) is 12.8. The highest BCUT2D eigenvalue weighted by molar-refractivity contribution is 5.80. The van der Waals surface area contributed by atoms with E-state index in [0.717, 1.165) is 37.6 Å². The number of nitrogens with one attached hydrogen (secondary N) is 2. The van der Waals surface area contributed by atoms with E-state index in [1.165, 1.54) is 5.69 Å². The largest absolute Gasteiger partial charge is 0.369 e. The van der Waals surface area contributed by atoms with E-state index in [9.17, 15) is 0 Å². The molecule has 0 amide bonds. The van der Waals surface area contributed by atoms with Crippen molar-refractivity contribution in [3.63, 3.8) is 0 Å². The Morgan fingerprint density at radius 1 is 1.23 bits per heavy atom. The molecule has 0 bridgehead atoms. The number of rotatable bonds is 5. The van der Waals surface area contributed by atoms with Crippen LogP contribution in [0.2, 0.25) is 0 Å². The maximum absolute atomic E-state index is 9.02. The van der Waals surface area contributed by atoms with E-state index in [2.05, 4.69) is 57.8 Å². The Kier molecular flexibility index (Phi) is 6.10. The average Bonchev–Trinajstić information content (AvgIpc) is 3.16. The number of para-hydroxylation sites is 1. The van der Waals surface area contributed by atoms with Gasteiger partial charge >= 0.3 is 0 Å². The zero-order chi connectivity index (χ0) is 18.2. The van der Waals surface area contributed by atoms with Gasteiger partial charge in [0, 0.05) is 31.4 Å². The number of nitriles is 1. The summed E-state index contributed by atoms with van der Waals surface area (Å²) in [6.45, 7) is 5.46. The summed E-state index contributed by atoms with van der Waals surface area (Å²) in [6, 6.07) is 20.7. The van der Waals surface area contributed by atoms with Gasteiger partial charge in [-0.3, -0.25) is 0 Å². The standard InChI is InChI=1S/C21H25N5/c1-2-23-21(24-15-18-8-6-7-17(13-18)14-22)25-19-11-12-26(16-19)20-9-4-3-5-10-20/h3-10,13,19H,2,11-12,15-16H2,1H3,(H2,23,24,25). The van der Waals surface area contributed by atoms with Crippen LogP contribution in [-0.2, 0) is 6.54 Å². The molecule has 5 nitrogen and oxygen atoms in total. The molecule has 26 heavy (non-hydrogen) atoms. The first-order valence-electron chi connectivity index (χ1n) is 9.12. The van der Waals surface area contributed by atoms with Crippen LogP contribution in [0.3, 0.4) is 0 Å². The van der Waals surface area contributed by atoms with Crippen molar-refractivity contribution in [3.05, 3.63) is 65.7 Å². The molecule has 0 aliphatic carbocycles. The Balaban J connectivity index is 1.60. The van der Waals surface area contributed by atoms with E-state index in [0.29, 0.717) is 18.2 Å². The van der Waals surface area contributed by atoms with Gasteiger partial charge in [-0.25, -0.2) is 4.99 Å². The van der Waals surface area contributed by atoms with Gasteiger partial charge in [0.2, 0.25) is 0 Å². The Hall–Kier alpha value is -3.00. The first kappa shape index (κ1) is 17.8. The van der Waals surface area contributed by atoms with Gasteiger partial charge in [0.05, 0.1) is 18.2 Å². The molecule has 1 heterocycles. The van der Waals surface area contributed by atoms with Crippen LogP contribution in [-0.4, -0.2) is 31.6 Å². The molecule has 1 unspecified atom stereocenters. The van der Waals surface area contributed by atoms with Crippen LogP contribution in [0.5, 0.6) is 0 Å². The smallest absolute Gasteiger partial charge is 0.191 e. The highest BCUT2D eigenvalue weighted by Crippen LogP contribution is 2.19. The van der Waals surface area contributed by atoms with E-state index in [4.69, 9.17) is 5.26 Å². The summed E-state index contributed by atoms with van der Waals surface area (Å²) < 4.78 is 0. The summed E-state index contributed by atoms with van der Waals surface area (Å²) in [5, 5.41) is 15.9. The lowest BCUT2D eigenvalue weighted by atomic mass is 10.1. The number of hydrogen-bond acceptors (Lipinski definition) is 3. The second kappa shape index (κ2) is 8.91. The predicted molar refractivity (Wildman–Crippen MR) is 106 cm³/mol. The van der Waals surface area contributed by atoms with Crippen molar-refractivity contribution in [1.82, 2.24) is 10.6 Å². The van der Waals surface area contributed by atoms with Crippen molar-refractivity contribution in [2.45, 2.75) is 25.9 Å². The van der Waals surface area contributed by atoms with E-state index in [1.807, 2.05) is 30.3 Å². The minimum absolute atomic E-state index is 0.374. The fourth-order valence-corrected chi connectivity index (χ4v) is 3.17. The second-order valence-electron chi connectivity index (χ2n) is 6.42. The van der Waals surface area contributed by atoms with Crippen molar-refractivity contribution in [3.8, 4) is 6.07 Å². The monoisotopic (exact) mass is 347 g/mol. The van der Waals surface area contributed by atoms with Crippen molar-refractivity contribution in [2.75, 3.05) is 24.5 Å². The summed E-state index contributed by atoms with van der Waals surface area (Å²) in [7, 11) is 0. The Labute approximate surface area is 155 Å². The highest BCUT2D eigenvalue weighted by Gasteiger charge is 2.23. The molecule has 0 radical (unpaired) electrons. The normalized spacial score (nSPS) is 17.0. The van der Waals surface area contributed by atoms with Crippen LogP contribution >= 0.6 is 0 Å². The molecule has 1 saturated heterocycles. The van der Waals surface area contributed by atoms with Gasteiger partial charge in [0.15, 0.2) is 5.96 Å². The fourth-order valence-electron chi connectivity index (χ4n) is 3.17. The number of benzene rings is 2. The van der Waals surface area contributed by atoms with Gasteiger partial charge in [0.25, 0.3) is 0 Å². The molecule has 1 fully saturated rings. The number of guanidine groups is 1. The molecule has 134 valence electrons. The minimum Gasteiger partial charge on any atom is -0.369 e. The maximum atomic E-state index is 9.02. The van der Waals surface area contributed by atoms with Gasteiger partial charge in [-0.15, -0.1) is 0 Å². The molecule has 1 aliphatic rings. The summed E-state index contributed by atoms with van der Waals surface area (Å²) in [5.41, 5.74) is 2.98. The zero-order valence-electron chi connectivity index (χ0n) is 15.2. The molecule has 1 aliphatic heterocycles. The average molecular weight is 347 g/mol. The van der Waals surface area contributed by atoms with Gasteiger partial charge in [-0.2, -0.15) is 5.26 Å². The molecular weight excluding hydrogens is 322 g/mol. The predicted octanol–water partition coefficient (Wildman–Crippen LogP) is 2.89. The number of aliphatic imine (C=N–C) groups is 1. The quantitative estimate of drug-likeness (QED) is 0.645. The van der Waals surface area contributed by atoms with Crippen LogP contribution in [0, 0.1) is 11.3 Å². The molecule has 5 heteroatoms. The van der Waals surface area contributed by atoms with E-state index >= 15 is 0 Å². The van der Waals surface area contributed by atoms with Crippen molar-refractivity contribution in [1.29, 1.82) is 5.26 Å². The van der Waals surface area contributed by atoms with Gasteiger partial charge in [-0.1, -0.05) is 30.3 Å². The lowest BCUT2D eigenvalue weighted by molar-refractivity contribution is 0.649. The topological polar surface area (TPSA) is 63.5 Å². The third-order valence-corrected chi connectivity index (χ3v) is 4.47. The second-order valence-corrected chi connectivity index (χ2v) is 6.42. The molecule has 2 aromatic carbocycles. The molecular formula is C21H25N5. The molecule has 3 rings (SSSR count). The molecule has 0 spiro atoms. The Bertz CT molecular complexity index is 778. The minimum atomic E-state index is 0.374. The van der Waals surface area contributed by atoms with Crippen molar-refractivity contribution >= 4 is 11.6 Å². The Morgan fingerprint density at radius 2 is 2.08 bits per heavy atom. The summed E-state index contributed by atoms with van der Waals surface area (Å²) in [6.07, 6.45) is 1.09. The van der Waals surface area contributed by atoms with E-state index in [-0.39, 0.29) is 0 Å². The highest BCUT2D eigenvalue weighted by atomic mass is 15.2. The molecule has 2 N–H and O–H groups in total. The van der Waals surface area contributed by atoms with Crippen LogP contribution in [0.25, 0.3) is 0 Å². The third kappa shape index (κ3) is 4.76. The number of nitrogens with zero attached hydrogens (tertiary/aromatic N) is 3. The first-order valence-corrected chi connectivity index (χ1v) is 9.12. The molecule has 1 atom stereocenters. The zero-order valence-corrected chi connectivity index (χ0v) is 15.2. The number of hydrogen-bond donors (Lipinski definition) is 2. The van der Waals surface area contributed by atoms with Gasteiger partial charge < -0.3 is 15.5 Å².